The molecule has 2 aliphatic heterocycles. The molecule has 0 unspecified atom stereocenters. The number of piperidine rings is 1. The van der Waals surface area contributed by atoms with E-state index in [1.54, 1.807) is 24.1 Å². The Hall–Kier alpha value is -2.15. The Bertz CT molecular complexity index is 777. The minimum atomic E-state index is -4.35. The topological polar surface area (TPSA) is 35.9 Å². The van der Waals surface area contributed by atoms with E-state index in [0.717, 1.165) is 31.1 Å². The van der Waals surface area contributed by atoms with Gasteiger partial charge in [0.1, 0.15) is 5.71 Å². The van der Waals surface area contributed by atoms with Crippen LogP contribution >= 0.6 is 0 Å². The van der Waals surface area contributed by atoms with E-state index in [-0.39, 0.29) is 11.8 Å². The highest BCUT2D eigenvalue weighted by atomic mass is 19.4. The summed E-state index contributed by atoms with van der Waals surface area (Å²) in [6.45, 7) is 2.57. The summed E-state index contributed by atoms with van der Waals surface area (Å²) in [7, 11) is 3.65. The lowest BCUT2D eigenvalue weighted by molar-refractivity contribution is -0.138. The van der Waals surface area contributed by atoms with Gasteiger partial charge >= 0.3 is 6.18 Å². The molecule has 28 heavy (non-hydrogen) atoms. The number of likely N-dealkylation sites (N-methyl/N-ethyl adjacent to an activating group) is 1. The van der Waals surface area contributed by atoms with E-state index < -0.39 is 11.7 Å². The highest BCUT2D eigenvalue weighted by Crippen LogP contribution is 2.38. The van der Waals surface area contributed by atoms with E-state index in [1.807, 2.05) is 13.1 Å². The molecule has 0 aliphatic carbocycles. The van der Waals surface area contributed by atoms with Crippen molar-refractivity contribution in [1.29, 1.82) is 0 Å². The maximum atomic E-state index is 13.3. The van der Waals surface area contributed by atoms with Crippen LogP contribution in [0.25, 0.3) is 0 Å². The number of rotatable bonds is 3. The Labute approximate surface area is 163 Å². The van der Waals surface area contributed by atoms with Crippen molar-refractivity contribution in [3.05, 3.63) is 47.0 Å². The molecular weight excluding hydrogens is 367 g/mol. The zero-order valence-corrected chi connectivity index (χ0v) is 16.3. The van der Waals surface area contributed by atoms with Crippen LogP contribution in [0.15, 0.2) is 40.9 Å². The molecule has 1 amide bonds. The lowest BCUT2D eigenvalue weighted by Crippen LogP contribution is -2.43. The summed E-state index contributed by atoms with van der Waals surface area (Å²) in [5.41, 5.74) is 1.23. The van der Waals surface area contributed by atoms with E-state index in [9.17, 15) is 18.0 Å². The number of benzene rings is 1. The van der Waals surface area contributed by atoms with Crippen LogP contribution in [0, 0.1) is 0 Å². The fourth-order valence-corrected chi connectivity index (χ4v) is 4.02. The minimum Gasteiger partial charge on any atom is -0.337 e. The normalized spacial score (nSPS) is 20.2. The number of alkyl halides is 3. The molecule has 1 saturated heterocycles. The Balaban J connectivity index is 1.68. The van der Waals surface area contributed by atoms with Crippen LogP contribution in [-0.2, 0) is 11.0 Å². The average molecular weight is 393 g/mol. The molecule has 4 nitrogen and oxygen atoms in total. The van der Waals surface area contributed by atoms with Crippen LogP contribution in [0.1, 0.15) is 36.3 Å². The summed E-state index contributed by atoms with van der Waals surface area (Å²) in [5.74, 6) is -0.299. The summed E-state index contributed by atoms with van der Waals surface area (Å²) in [5, 5.41) is 0. The first-order valence-corrected chi connectivity index (χ1v) is 9.61. The third-order valence-corrected chi connectivity index (χ3v) is 5.63. The first-order chi connectivity index (χ1) is 13.3. The van der Waals surface area contributed by atoms with Crippen LogP contribution in [-0.4, -0.2) is 61.7 Å². The molecule has 0 N–H and O–H groups in total. The van der Waals surface area contributed by atoms with Crippen molar-refractivity contribution in [2.75, 3.05) is 40.3 Å². The first kappa shape index (κ1) is 20.6. The molecular formula is C21H26F3N3O. The second-order valence-electron chi connectivity index (χ2n) is 7.47. The molecule has 3 rings (SSSR count). The smallest absolute Gasteiger partial charge is 0.337 e. The van der Waals surface area contributed by atoms with Crippen LogP contribution in [0.5, 0.6) is 0 Å². The fourth-order valence-electron chi connectivity index (χ4n) is 4.02. The second-order valence-corrected chi connectivity index (χ2v) is 7.47. The number of hydrogen-bond acceptors (Lipinski definition) is 3. The lowest BCUT2D eigenvalue weighted by Gasteiger charge is -2.34. The van der Waals surface area contributed by atoms with E-state index in [4.69, 9.17) is 0 Å². The van der Waals surface area contributed by atoms with E-state index in [0.29, 0.717) is 37.2 Å². The molecule has 1 fully saturated rings. The molecule has 0 saturated carbocycles. The van der Waals surface area contributed by atoms with Gasteiger partial charge in [-0.25, -0.2) is 0 Å². The van der Waals surface area contributed by atoms with Gasteiger partial charge in [-0.2, -0.15) is 13.2 Å². The van der Waals surface area contributed by atoms with Crippen molar-refractivity contribution < 1.29 is 18.0 Å². The molecule has 2 aliphatic rings. The standard InChI is InChI=1S/C21H26F3N3O/c1-25-19(16-7-11-26(2)12-8-16)20(28)27-13-9-15(10-14-27)17-5-3-4-6-18(17)21(22,23)24/h3-7,15H,8-14H2,1-2H3. The van der Waals surface area contributed by atoms with Gasteiger partial charge in [0, 0.05) is 33.2 Å². The Morgan fingerprint density at radius 3 is 2.39 bits per heavy atom. The predicted octanol–water partition coefficient (Wildman–Crippen LogP) is 3.74. The monoisotopic (exact) mass is 393 g/mol. The number of carbonyl (C=O) groups is 1. The van der Waals surface area contributed by atoms with Crippen LogP contribution in [0.2, 0.25) is 0 Å². The number of amides is 1. The SMILES string of the molecule is CN=C(C(=O)N1CCC(c2ccccc2C(F)(F)F)CC1)C1=CCN(C)CC1. The van der Waals surface area contributed by atoms with Crippen molar-refractivity contribution in [2.45, 2.75) is 31.4 Å². The summed E-state index contributed by atoms with van der Waals surface area (Å²) < 4.78 is 39.9. The molecule has 0 radical (unpaired) electrons. The molecule has 7 heteroatoms. The van der Waals surface area contributed by atoms with Gasteiger partial charge in [-0.1, -0.05) is 24.3 Å². The summed E-state index contributed by atoms with van der Waals surface area (Å²) in [4.78, 5) is 21.1. The number of carbonyl (C=O) groups excluding carboxylic acids is 1. The highest BCUT2D eigenvalue weighted by molar-refractivity contribution is 6.45. The second kappa shape index (κ2) is 8.47. The number of halogens is 3. The largest absolute Gasteiger partial charge is 0.416 e. The number of aliphatic imine (C=N–C) groups is 1. The van der Waals surface area contributed by atoms with Gasteiger partial charge in [0.25, 0.3) is 5.91 Å². The molecule has 152 valence electrons. The molecule has 0 aromatic heterocycles. The highest BCUT2D eigenvalue weighted by Gasteiger charge is 2.36. The fraction of sp³-hybridized carbons (Fsp3) is 0.524. The van der Waals surface area contributed by atoms with E-state index >= 15 is 0 Å². The van der Waals surface area contributed by atoms with Gasteiger partial charge in [0.15, 0.2) is 0 Å². The average Bonchev–Trinajstić information content (AvgIpc) is 2.69. The third kappa shape index (κ3) is 4.46. The number of likely N-dealkylation sites (tertiary alicyclic amines) is 1. The van der Waals surface area contributed by atoms with Gasteiger partial charge in [-0.15, -0.1) is 0 Å². The van der Waals surface area contributed by atoms with Gasteiger partial charge < -0.3 is 9.80 Å². The van der Waals surface area contributed by atoms with Crippen molar-refractivity contribution in [1.82, 2.24) is 9.80 Å². The summed E-state index contributed by atoms with van der Waals surface area (Å²) in [6.07, 6.45) is -0.484. The van der Waals surface area contributed by atoms with Crippen molar-refractivity contribution in [2.24, 2.45) is 4.99 Å². The third-order valence-electron chi connectivity index (χ3n) is 5.63. The number of hydrogen-bond donors (Lipinski definition) is 0. The van der Waals surface area contributed by atoms with Crippen LogP contribution < -0.4 is 0 Å². The van der Waals surface area contributed by atoms with E-state index in [1.165, 1.54) is 6.07 Å². The molecule has 0 spiro atoms. The molecule has 1 aromatic rings. The molecule has 1 aromatic carbocycles. The quantitative estimate of drug-likeness (QED) is 0.734. The van der Waals surface area contributed by atoms with E-state index in [2.05, 4.69) is 9.89 Å². The summed E-state index contributed by atoms with van der Waals surface area (Å²) in [6, 6.07) is 5.77. The van der Waals surface area contributed by atoms with Gasteiger partial charge in [-0.3, -0.25) is 9.79 Å². The molecule has 2 heterocycles. The maximum Gasteiger partial charge on any atom is 0.416 e. The zero-order chi connectivity index (χ0) is 20.3. The maximum absolute atomic E-state index is 13.3. The minimum absolute atomic E-state index is 0.110. The van der Waals surface area contributed by atoms with Crippen LogP contribution in [0.3, 0.4) is 0 Å². The van der Waals surface area contributed by atoms with Gasteiger partial charge in [-0.05, 0) is 49.4 Å². The Morgan fingerprint density at radius 2 is 1.82 bits per heavy atom. The first-order valence-electron chi connectivity index (χ1n) is 9.61. The Kier molecular flexibility index (Phi) is 6.23. The number of nitrogens with zero attached hydrogens (tertiary/aromatic N) is 3. The van der Waals surface area contributed by atoms with Crippen LogP contribution in [0.4, 0.5) is 13.2 Å². The predicted molar refractivity (Wildman–Crippen MR) is 104 cm³/mol. The Morgan fingerprint density at radius 1 is 1.14 bits per heavy atom. The molecule has 0 atom stereocenters. The van der Waals surface area contributed by atoms with Gasteiger partial charge in [0.05, 0.1) is 5.56 Å². The van der Waals surface area contributed by atoms with Crippen molar-refractivity contribution in [3.63, 3.8) is 0 Å². The summed E-state index contributed by atoms with van der Waals surface area (Å²) >= 11 is 0. The van der Waals surface area contributed by atoms with Gasteiger partial charge in [0.2, 0.25) is 0 Å². The van der Waals surface area contributed by atoms with Crippen molar-refractivity contribution >= 4 is 11.6 Å². The lowest BCUT2D eigenvalue weighted by atomic mass is 9.86. The zero-order valence-electron chi connectivity index (χ0n) is 16.3. The molecule has 0 bridgehead atoms. The van der Waals surface area contributed by atoms with Crippen molar-refractivity contribution in [3.8, 4) is 0 Å².